The molecule has 0 spiro atoms. The molecule has 0 aromatic heterocycles. The van der Waals surface area contributed by atoms with Crippen LogP contribution in [-0.4, -0.2) is 18.0 Å². The number of rotatable bonds is 3. The van der Waals surface area contributed by atoms with Crippen LogP contribution in [0.4, 0.5) is 5.69 Å². The monoisotopic (exact) mass is 303 g/mol. The van der Waals surface area contributed by atoms with Gasteiger partial charge >= 0.3 is 0 Å². The lowest BCUT2D eigenvalue weighted by atomic mass is 10.3. The van der Waals surface area contributed by atoms with E-state index in [9.17, 15) is 0 Å². The van der Waals surface area contributed by atoms with Crippen LogP contribution in [0.1, 0.15) is 13.8 Å². The van der Waals surface area contributed by atoms with Crippen molar-refractivity contribution in [2.24, 2.45) is 27.2 Å². The third-order valence-electron chi connectivity index (χ3n) is 1.84. The molecule has 0 bridgehead atoms. The molecule has 0 amide bonds. The normalized spacial score (nSPS) is 11.5. The van der Waals surface area contributed by atoms with Crippen molar-refractivity contribution >= 4 is 40.8 Å². The Labute approximate surface area is 121 Å². The highest BCUT2D eigenvalue weighted by atomic mass is 35.5. The van der Waals surface area contributed by atoms with E-state index < -0.39 is 0 Å². The number of nitrogens with two attached hydrogens (primary N) is 3. The van der Waals surface area contributed by atoms with Crippen molar-refractivity contribution in [2.75, 3.05) is 0 Å². The molecule has 0 aliphatic rings. The number of ether oxygens (including phenoxy) is 1. The Morgan fingerprint density at radius 1 is 1.16 bits per heavy atom. The molecule has 8 heteroatoms. The van der Waals surface area contributed by atoms with Crippen molar-refractivity contribution in [1.82, 2.24) is 0 Å². The van der Waals surface area contributed by atoms with Crippen LogP contribution < -0.4 is 21.9 Å². The fraction of sp³-hybridized carbons (Fsp3) is 0.273. The number of halogens is 2. The fourth-order valence-corrected chi connectivity index (χ4v) is 1.63. The van der Waals surface area contributed by atoms with E-state index in [1.807, 2.05) is 13.8 Å². The topological polar surface area (TPSA) is 112 Å². The maximum atomic E-state index is 6.06. The Balaban J connectivity index is 3.12. The lowest BCUT2D eigenvalue weighted by molar-refractivity contribution is 0.242. The quantitative estimate of drug-likeness (QED) is 0.585. The molecule has 0 radical (unpaired) electrons. The molecular formula is C11H15Cl2N5O. The van der Waals surface area contributed by atoms with E-state index in [2.05, 4.69) is 9.98 Å². The van der Waals surface area contributed by atoms with Gasteiger partial charge in [0.25, 0.3) is 0 Å². The summed E-state index contributed by atoms with van der Waals surface area (Å²) in [7, 11) is 0. The number of guanidine groups is 2. The van der Waals surface area contributed by atoms with Crippen LogP contribution in [0.5, 0.6) is 5.75 Å². The highest BCUT2D eigenvalue weighted by Crippen LogP contribution is 2.36. The van der Waals surface area contributed by atoms with Crippen molar-refractivity contribution in [3.8, 4) is 5.75 Å². The Bertz CT molecular complexity index is 524. The van der Waals surface area contributed by atoms with E-state index in [-0.39, 0.29) is 18.0 Å². The molecule has 6 nitrogen and oxygen atoms in total. The second kappa shape index (κ2) is 6.49. The highest BCUT2D eigenvalue weighted by Gasteiger charge is 2.10. The smallest absolute Gasteiger partial charge is 0.223 e. The molecule has 0 saturated heterocycles. The zero-order valence-corrected chi connectivity index (χ0v) is 12.0. The summed E-state index contributed by atoms with van der Waals surface area (Å²) in [5, 5.41) is 0.697. The lowest BCUT2D eigenvalue weighted by Crippen LogP contribution is -2.26. The van der Waals surface area contributed by atoms with Gasteiger partial charge in [-0.3, -0.25) is 0 Å². The number of hydrogen-bond acceptors (Lipinski definition) is 2. The van der Waals surface area contributed by atoms with Gasteiger partial charge in [0, 0.05) is 6.07 Å². The second-order valence-corrected chi connectivity index (χ2v) is 4.72. The van der Waals surface area contributed by atoms with E-state index in [0.717, 1.165) is 0 Å². The molecule has 0 aliphatic carbocycles. The summed E-state index contributed by atoms with van der Waals surface area (Å²) < 4.78 is 5.49. The minimum atomic E-state index is -0.191. The first-order valence-electron chi connectivity index (χ1n) is 5.39. The standard InChI is InChI=1S/C11H15Cl2N5O/c1-5(2)19-9-4-6(12)8(3-7(9)13)17-11(16)18-10(14)15/h3-5H,1-2H3,(H6,14,15,16,17,18). The number of nitrogens with zero attached hydrogens (tertiary/aromatic N) is 2. The molecule has 104 valence electrons. The van der Waals surface area contributed by atoms with Crippen molar-refractivity contribution in [3.05, 3.63) is 22.2 Å². The second-order valence-electron chi connectivity index (χ2n) is 3.91. The molecule has 1 rings (SSSR count). The summed E-state index contributed by atoms with van der Waals surface area (Å²) in [5.74, 6) is 0.166. The van der Waals surface area contributed by atoms with E-state index in [1.54, 1.807) is 6.07 Å². The van der Waals surface area contributed by atoms with Crippen LogP contribution in [0.25, 0.3) is 0 Å². The zero-order chi connectivity index (χ0) is 14.6. The van der Waals surface area contributed by atoms with Crippen molar-refractivity contribution in [3.63, 3.8) is 0 Å². The fourth-order valence-electron chi connectivity index (χ4n) is 1.23. The molecule has 19 heavy (non-hydrogen) atoms. The molecule has 0 heterocycles. The lowest BCUT2D eigenvalue weighted by Gasteiger charge is -2.12. The first-order valence-corrected chi connectivity index (χ1v) is 6.14. The summed E-state index contributed by atoms with van der Waals surface area (Å²) in [4.78, 5) is 7.54. The van der Waals surface area contributed by atoms with Crippen molar-refractivity contribution in [1.29, 1.82) is 0 Å². The average molecular weight is 304 g/mol. The van der Waals surface area contributed by atoms with Gasteiger partial charge in [-0.1, -0.05) is 23.2 Å². The maximum Gasteiger partial charge on any atom is 0.223 e. The van der Waals surface area contributed by atoms with Gasteiger partial charge in [0.05, 0.1) is 21.8 Å². The summed E-state index contributed by atoms with van der Waals surface area (Å²) in [5.41, 5.74) is 16.2. The summed E-state index contributed by atoms with van der Waals surface area (Å²) in [6, 6.07) is 3.09. The SMILES string of the molecule is CC(C)Oc1cc(Cl)c(N=C(N)N=C(N)N)cc1Cl. The van der Waals surface area contributed by atoms with Gasteiger partial charge in [0.1, 0.15) is 5.75 Å². The molecule has 1 aromatic rings. The Morgan fingerprint density at radius 2 is 1.79 bits per heavy atom. The zero-order valence-electron chi connectivity index (χ0n) is 10.5. The van der Waals surface area contributed by atoms with Gasteiger partial charge in [0.15, 0.2) is 5.96 Å². The van der Waals surface area contributed by atoms with Gasteiger partial charge < -0.3 is 21.9 Å². The molecular weight excluding hydrogens is 289 g/mol. The van der Waals surface area contributed by atoms with Gasteiger partial charge in [0.2, 0.25) is 5.96 Å². The third-order valence-corrected chi connectivity index (χ3v) is 2.44. The molecule has 0 fully saturated rings. The summed E-state index contributed by atoms with van der Waals surface area (Å²) in [6.07, 6.45) is -0.0189. The Hall–Kier alpha value is -1.66. The Kier molecular flexibility index (Phi) is 5.26. The van der Waals surface area contributed by atoms with Crippen LogP contribution in [0.15, 0.2) is 22.1 Å². The number of hydrogen-bond donors (Lipinski definition) is 3. The van der Waals surface area contributed by atoms with Crippen LogP contribution in [0.2, 0.25) is 10.0 Å². The van der Waals surface area contributed by atoms with E-state index in [4.69, 9.17) is 45.1 Å². The third kappa shape index (κ3) is 4.84. The van der Waals surface area contributed by atoms with Gasteiger partial charge in [-0.05, 0) is 19.9 Å². The van der Waals surface area contributed by atoms with E-state index in [1.165, 1.54) is 6.07 Å². The molecule has 0 atom stereocenters. The largest absolute Gasteiger partial charge is 0.489 e. The molecule has 0 aliphatic heterocycles. The van der Waals surface area contributed by atoms with Crippen molar-refractivity contribution < 1.29 is 4.74 Å². The molecule has 0 unspecified atom stereocenters. The first kappa shape index (κ1) is 15.4. The van der Waals surface area contributed by atoms with Crippen LogP contribution >= 0.6 is 23.2 Å². The minimum Gasteiger partial charge on any atom is -0.489 e. The van der Waals surface area contributed by atoms with E-state index >= 15 is 0 Å². The van der Waals surface area contributed by atoms with Crippen LogP contribution in [0, 0.1) is 0 Å². The predicted octanol–water partition coefficient (Wildman–Crippen LogP) is 2.00. The van der Waals surface area contributed by atoms with Crippen LogP contribution in [-0.2, 0) is 0 Å². The molecule has 6 N–H and O–H groups in total. The molecule has 0 saturated carbocycles. The predicted molar refractivity (Wildman–Crippen MR) is 79.3 cm³/mol. The van der Waals surface area contributed by atoms with Gasteiger partial charge in [-0.15, -0.1) is 0 Å². The van der Waals surface area contributed by atoms with E-state index in [0.29, 0.717) is 21.5 Å². The Morgan fingerprint density at radius 3 is 2.32 bits per heavy atom. The van der Waals surface area contributed by atoms with Crippen molar-refractivity contribution in [2.45, 2.75) is 20.0 Å². The summed E-state index contributed by atoms with van der Waals surface area (Å²) >= 11 is 12.1. The summed E-state index contributed by atoms with van der Waals surface area (Å²) in [6.45, 7) is 3.76. The minimum absolute atomic E-state index is 0.0189. The number of aliphatic imine (C=N–C) groups is 2. The van der Waals surface area contributed by atoms with Crippen LogP contribution in [0.3, 0.4) is 0 Å². The van der Waals surface area contributed by atoms with Gasteiger partial charge in [-0.25, -0.2) is 4.99 Å². The highest BCUT2D eigenvalue weighted by molar-refractivity contribution is 6.36. The maximum absolute atomic E-state index is 6.06. The molecule has 1 aromatic carbocycles. The van der Waals surface area contributed by atoms with Gasteiger partial charge in [-0.2, -0.15) is 4.99 Å². The first-order chi connectivity index (χ1) is 8.79. The number of benzene rings is 1. The average Bonchev–Trinajstić information content (AvgIpc) is 2.23.